The Labute approximate surface area is 111 Å². The maximum Gasteiger partial charge on any atom is 0.311 e. The SMILES string of the molecule is CC(=O)C(C)CC(C)CCCOC(=O)C(C)(C)C. The summed E-state index contributed by atoms with van der Waals surface area (Å²) >= 11 is 0. The molecule has 3 nitrogen and oxygen atoms in total. The van der Waals surface area contributed by atoms with Gasteiger partial charge in [-0.1, -0.05) is 13.8 Å². The quantitative estimate of drug-likeness (QED) is 0.516. The molecule has 0 aliphatic heterocycles. The lowest BCUT2D eigenvalue weighted by molar-refractivity contribution is -0.153. The first-order valence-corrected chi connectivity index (χ1v) is 6.82. The van der Waals surface area contributed by atoms with Crippen molar-refractivity contribution in [3.05, 3.63) is 0 Å². The summed E-state index contributed by atoms with van der Waals surface area (Å²) in [6.07, 6.45) is 2.78. The first kappa shape index (κ1) is 17.1. The maximum absolute atomic E-state index is 11.5. The van der Waals surface area contributed by atoms with Crippen LogP contribution in [-0.2, 0) is 14.3 Å². The highest BCUT2D eigenvalue weighted by atomic mass is 16.5. The third kappa shape index (κ3) is 7.46. The number of rotatable bonds is 7. The van der Waals surface area contributed by atoms with Crippen molar-refractivity contribution in [3.8, 4) is 0 Å². The van der Waals surface area contributed by atoms with E-state index in [-0.39, 0.29) is 17.7 Å². The molecule has 0 bridgehead atoms. The Morgan fingerprint density at radius 2 is 1.72 bits per heavy atom. The molecule has 0 heterocycles. The summed E-state index contributed by atoms with van der Waals surface area (Å²) in [6, 6.07) is 0. The molecule has 0 aromatic rings. The fraction of sp³-hybridized carbons (Fsp3) is 0.867. The van der Waals surface area contributed by atoms with Gasteiger partial charge in [0.15, 0.2) is 0 Å². The highest BCUT2D eigenvalue weighted by Gasteiger charge is 2.22. The van der Waals surface area contributed by atoms with Gasteiger partial charge in [-0.3, -0.25) is 9.59 Å². The van der Waals surface area contributed by atoms with E-state index in [1.54, 1.807) is 6.92 Å². The normalized spacial score (nSPS) is 15.0. The Morgan fingerprint density at radius 3 is 2.17 bits per heavy atom. The molecule has 18 heavy (non-hydrogen) atoms. The van der Waals surface area contributed by atoms with Crippen LogP contribution in [0.2, 0.25) is 0 Å². The minimum absolute atomic E-state index is 0.136. The number of hydrogen-bond donors (Lipinski definition) is 0. The van der Waals surface area contributed by atoms with E-state index < -0.39 is 5.41 Å². The molecule has 0 aliphatic rings. The van der Waals surface area contributed by atoms with Crippen LogP contribution in [0.25, 0.3) is 0 Å². The molecule has 0 radical (unpaired) electrons. The average Bonchev–Trinajstić information content (AvgIpc) is 2.22. The van der Waals surface area contributed by atoms with Crippen LogP contribution in [0.5, 0.6) is 0 Å². The Bertz CT molecular complexity index is 276. The van der Waals surface area contributed by atoms with Gasteiger partial charge in [-0.25, -0.2) is 0 Å². The molecule has 0 saturated carbocycles. The molecule has 0 N–H and O–H groups in total. The van der Waals surface area contributed by atoms with Gasteiger partial charge in [0, 0.05) is 5.92 Å². The highest BCUT2D eigenvalue weighted by molar-refractivity contribution is 5.77. The van der Waals surface area contributed by atoms with Gasteiger partial charge < -0.3 is 4.74 Å². The molecule has 2 atom stereocenters. The Balaban J connectivity index is 3.73. The predicted octanol–water partition coefficient (Wildman–Crippen LogP) is 3.61. The van der Waals surface area contributed by atoms with Gasteiger partial charge in [-0.2, -0.15) is 0 Å². The van der Waals surface area contributed by atoms with Crippen molar-refractivity contribution in [2.75, 3.05) is 6.61 Å². The lowest BCUT2D eigenvalue weighted by Crippen LogP contribution is -2.23. The van der Waals surface area contributed by atoms with Gasteiger partial charge in [-0.15, -0.1) is 0 Å². The van der Waals surface area contributed by atoms with Gasteiger partial charge in [0.2, 0.25) is 0 Å². The summed E-state index contributed by atoms with van der Waals surface area (Å²) in [5.41, 5.74) is -0.422. The van der Waals surface area contributed by atoms with Gasteiger partial charge >= 0.3 is 5.97 Å². The molecule has 0 rings (SSSR count). The van der Waals surface area contributed by atoms with Crippen molar-refractivity contribution in [1.29, 1.82) is 0 Å². The molecule has 0 aromatic heterocycles. The molecular formula is C15H28O3. The standard InChI is InChI=1S/C15H28O3/c1-11(10-12(2)13(3)16)8-7-9-18-14(17)15(4,5)6/h11-12H,7-10H2,1-6H3. The van der Waals surface area contributed by atoms with Crippen LogP contribution < -0.4 is 0 Å². The van der Waals surface area contributed by atoms with Crippen molar-refractivity contribution in [2.24, 2.45) is 17.3 Å². The van der Waals surface area contributed by atoms with E-state index in [4.69, 9.17) is 4.74 Å². The maximum atomic E-state index is 11.5. The summed E-state index contributed by atoms with van der Waals surface area (Å²) in [6.45, 7) is 11.8. The second-order valence-corrected chi connectivity index (χ2v) is 6.38. The van der Waals surface area contributed by atoms with E-state index in [0.717, 1.165) is 19.3 Å². The van der Waals surface area contributed by atoms with Crippen LogP contribution in [0.4, 0.5) is 0 Å². The number of Topliss-reactive ketones (excluding diaryl/α,β-unsaturated/α-hetero) is 1. The van der Waals surface area contributed by atoms with E-state index in [1.807, 2.05) is 27.7 Å². The molecule has 0 spiro atoms. The van der Waals surface area contributed by atoms with Crippen molar-refractivity contribution < 1.29 is 14.3 Å². The highest BCUT2D eigenvalue weighted by Crippen LogP contribution is 2.19. The Hall–Kier alpha value is -0.860. The molecule has 0 amide bonds. The van der Waals surface area contributed by atoms with Crippen LogP contribution >= 0.6 is 0 Å². The lowest BCUT2D eigenvalue weighted by atomic mass is 9.91. The molecule has 0 aliphatic carbocycles. The summed E-state index contributed by atoms with van der Waals surface area (Å²) in [5, 5.41) is 0. The fourth-order valence-electron chi connectivity index (χ4n) is 1.70. The molecular weight excluding hydrogens is 228 g/mol. The smallest absolute Gasteiger partial charge is 0.311 e. The topological polar surface area (TPSA) is 43.4 Å². The number of hydrogen-bond acceptors (Lipinski definition) is 3. The second-order valence-electron chi connectivity index (χ2n) is 6.38. The number of carbonyl (C=O) groups is 2. The zero-order valence-electron chi connectivity index (χ0n) is 12.7. The predicted molar refractivity (Wildman–Crippen MR) is 73.3 cm³/mol. The number of esters is 1. The first-order valence-electron chi connectivity index (χ1n) is 6.82. The van der Waals surface area contributed by atoms with E-state index >= 15 is 0 Å². The number of ether oxygens (including phenoxy) is 1. The van der Waals surface area contributed by atoms with Crippen LogP contribution in [0, 0.1) is 17.3 Å². The molecule has 0 fully saturated rings. The van der Waals surface area contributed by atoms with E-state index in [9.17, 15) is 9.59 Å². The van der Waals surface area contributed by atoms with Gasteiger partial charge in [-0.05, 0) is 52.9 Å². The van der Waals surface area contributed by atoms with Gasteiger partial charge in [0.05, 0.1) is 12.0 Å². The molecule has 0 aromatic carbocycles. The molecule has 0 saturated heterocycles. The Kier molecular flexibility index (Phi) is 7.19. The fourth-order valence-corrected chi connectivity index (χ4v) is 1.70. The van der Waals surface area contributed by atoms with Crippen LogP contribution in [0.15, 0.2) is 0 Å². The van der Waals surface area contributed by atoms with Crippen molar-refractivity contribution >= 4 is 11.8 Å². The molecule has 106 valence electrons. The molecule has 2 unspecified atom stereocenters. The first-order chi connectivity index (χ1) is 8.14. The minimum atomic E-state index is -0.422. The summed E-state index contributed by atoms with van der Waals surface area (Å²) in [4.78, 5) is 22.6. The van der Waals surface area contributed by atoms with Gasteiger partial charge in [0.1, 0.15) is 5.78 Å². The van der Waals surface area contributed by atoms with Crippen molar-refractivity contribution in [3.63, 3.8) is 0 Å². The zero-order valence-corrected chi connectivity index (χ0v) is 12.7. The van der Waals surface area contributed by atoms with E-state index in [0.29, 0.717) is 12.5 Å². The van der Waals surface area contributed by atoms with E-state index in [1.165, 1.54) is 0 Å². The third-order valence-electron chi connectivity index (χ3n) is 3.14. The summed E-state index contributed by atoms with van der Waals surface area (Å²) in [7, 11) is 0. The zero-order chi connectivity index (χ0) is 14.3. The summed E-state index contributed by atoms with van der Waals surface area (Å²) in [5.74, 6) is 0.739. The molecule has 3 heteroatoms. The van der Waals surface area contributed by atoms with E-state index in [2.05, 4.69) is 6.92 Å². The lowest BCUT2D eigenvalue weighted by Gasteiger charge is -2.18. The minimum Gasteiger partial charge on any atom is -0.465 e. The average molecular weight is 256 g/mol. The largest absolute Gasteiger partial charge is 0.465 e. The number of carbonyl (C=O) groups excluding carboxylic acids is 2. The third-order valence-corrected chi connectivity index (χ3v) is 3.14. The van der Waals surface area contributed by atoms with Crippen LogP contribution in [-0.4, -0.2) is 18.4 Å². The van der Waals surface area contributed by atoms with Crippen molar-refractivity contribution in [2.45, 2.75) is 60.8 Å². The Morgan fingerprint density at radius 1 is 1.17 bits per heavy atom. The number of ketones is 1. The van der Waals surface area contributed by atoms with Crippen molar-refractivity contribution in [1.82, 2.24) is 0 Å². The monoisotopic (exact) mass is 256 g/mol. The van der Waals surface area contributed by atoms with Crippen LogP contribution in [0.3, 0.4) is 0 Å². The second kappa shape index (κ2) is 7.55. The summed E-state index contributed by atoms with van der Waals surface area (Å²) < 4.78 is 5.20. The van der Waals surface area contributed by atoms with Gasteiger partial charge in [0.25, 0.3) is 0 Å². The van der Waals surface area contributed by atoms with Crippen LogP contribution in [0.1, 0.15) is 60.8 Å².